The van der Waals surface area contributed by atoms with E-state index in [0.29, 0.717) is 25.3 Å². The predicted molar refractivity (Wildman–Crippen MR) is 146 cm³/mol. The molecule has 1 aliphatic heterocycles. The number of para-hydroxylation sites is 2. The van der Waals surface area contributed by atoms with Crippen LogP contribution in [0.2, 0.25) is 0 Å². The van der Waals surface area contributed by atoms with Crippen LogP contribution in [0.25, 0.3) is 11.1 Å². The molecule has 3 heterocycles. The van der Waals surface area contributed by atoms with Crippen molar-refractivity contribution >= 4 is 23.1 Å². The summed E-state index contributed by atoms with van der Waals surface area (Å²) in [7, 11) is 0. The number of carboxylic acids is 1. The number of aromatic nitrogens is 2. The molecule has 2 aromatic heterocycles. The second-order valence-corrected chi connectivity index (χ2v) is 8.99. The van der Waals surface area contributed by atoms with Crippen LogP contribution in [0.15, 0.2) is 65.3 Å². The van der Waals surface area contributed by atoms with Crippen molar-refractivity contribution in [2.45, 2.75) is 39.3 Å². The second-order valence-electron chi connectivity index (χ2n) is 8.99. The summed E-state index contributed by atoms with van der Waals surface area (Å²) in [6.45, 7) is 7.13. The number of carboxylic acid groups (broad SMARTS) is 1. The van der Waals surface area contributed by atoms with Crippen LogP contribution >= 0.6 is 0 Å². The van der Waals surface area contributed by atoms with E-state index in [1.54, 1.807) is 12.1 Å². The molecular formula is C29H33FN4O5. The summed E-state index contributed by atoms with van der Waals surface area (Å²) in [5, 5.41) is 11.8. The Morgan fingerprint density at radius 3 is 2.28 bits per heavy atom. The summed E-state index contributed by atoms with van der Waals surface area (Å²) in [6, 6.07) is 15.1. The number of anilines is 1. The molecule has 206 valence electrons. The number of hydrogen-bond acceptors (Lipinski definition) is 8. The number of carbonyl (C=O) groups is 1. The zero-order chi connectivity index (χ0) is 27.6. The maximum absolute atomic E-state index is 14.5. The van der Waals surface area contributed by atoms with Crippen LogP contribution in [0.5, 0.6) is 11.5 Å². The standard InChI is InChI=1S/C23H28FN3O3.C6H5NO2/c1-3-28-20-13-16(14-21(22(20)24)29-4-2)15-27-11-9-17(10-12-27)25-23-26-18-7-5-6-8-19(18)30-23;8-6(9)5-1-3-7-4-2-5/h5-8,13-14,17H,3-4,9-12,15H2,1-2H3,(H,25,26);1-4H,(H,8,9). The average Bonchev–Trinajstić information content (AvgIpc) is 3.36. The molecule has 0 saturated carbocycles. The SMILES string of the molecule is CCOc1cc(CN2CCC(Nc3nc4ccccc4o3)CC2)cc(OCC)c1F.O=C(O)c1ccncc1. The Hall–Kier alpha value is -4.18. The Bertz CT molecular complexity index is 1300. The van der Waals surface area contributed by atoms with Crippen molar-refractivity contribution in [1.29, 1.82) is 0 Å². The van der Waals surface area contributed by atoms with Gasteiger partial charge >= 0.3 is 5.97 Å². The zero-order valence-corrected chi connectivity index (χ0v) is 22.1. The second kappa shape index (κ2) is 13.6. The first kappa shape index (κ1) is 27.8. The predicted octanol–water partition coefficient (Wildman–Crippen LogP) is 5.62. The lowest BCUT2D eigenvalue weighted by Gasteiger charge is -2.32. The topological polar surface area (TPSA) is 110 Å². The number of halogens is 1. The first-order chi connectivity index (χ1) is 19.0. The number of aromatic carboxylic acids is 1. The van der Waals surface area contributed by atoms with E-state index in [1.807, 2.05) is 38.1 Å². The summed E-state index contributed by atoms with van der Waals surface area (Å²) in [6.07, 6.45) is 4.86. The van der Waals surface area contributed by atoms with E-state index in [-0.39, 0.29) is 17.1 Å². The van der Waals surface area contributed by atoms with E-state index in [0.717, 1.165) is 49.1 Å². The van der Waals surface area contributed by atoms with Crippen LogP contribution in [-0.4, -0.2) is 58.3 Å². The van der Waals surface area contributed by atoms with Gasteiger partial charge in [0.15, 0.2) is 17.1 Å². The maximum Gasteiger partial charge on any atom is 0.335 e. The minimum absolute atomic E-state index is 0.256. The van der Waals surface area contributed by atoms with E-state index >= 15 is 0 Å². The van der Waals surface area contributed by atoms with Crippen LogP contribution in [0.1, 0.15) is 42.6 Å². The van der Waals surface area contributed by atoms with Crippen molar-refractivity contribution < 1.29 is 28.2 Å². The Morgan fingerprint density at radius 2 is 1.72 bits per heavy atom. The van der Waals surface area contributed by atoms with Gasteiger partial charge in [-0.15, -0.1) is 0 Å². The van der Waals surface area contributed by atoms with Gasteiger partial charge in [-0.05, 0) is 68.7 Å². The third-order valence-corrected chi connectivity index (χ3v) is 6.21. The van der Waals surface area contributed by atoms with E-state index < -0.39 is 11.8 Å². The van der Waals surface area contributed by atoms with Gasteiger partial charge in [-0.1, -0.05) is 12.1 Å². The van der Waals surface area contributed by atoms with E-state index in [2.05, 4.69) is 20.2 Å². The number of nitrogens with one attached hydrogen (secondary N) is 1. The largest absolute Gasteiger partial charge is 0.491 e. The number of fused-ring (bicyclic) bond motifs is 1. The van der Waals surface area contributed by atoms with Crippen LogP contribution in [-0.2, 0) is 6.54 Å². The molecule has 0 spiro atoms. The number of likely N-dealkylation sites (tertiary alicyclic amines) is 1. The first-order valence-electron chi connectivity index (χ1n) is 13.0. The van der Waals surface area contributed by atoms with Gasteiger partial charge in [-0.25, -0.2) is 4.79 Å². The van der Waals surface area contributed by atoms with E-state index in [4.69, 9.17) is 19.0 Å². The van der Waals surface area contributed by atoms with Gasteiger partial charge in [-0.2, -0.15) is 9.37 Å². The lowest BCUT2D eigenvalue weighted by molar-refractivity contribution is 0.0696. The number of oxazole rings is 1. The van der Waals surface area contributed by atoms with Crippen molar-refractivity contribution in [2.75, 3.05) is 31.6 Å². The summed E-state index contributed by atoms with van der Waals surface area (Å²) >= 11 is 0. The molecular weight excluding hydrogens is 503 g/mol. The van der Waals surface area contributed by atoms with Crippen molar-refractivity contribution in [2.24, 2.45) is 0 Å². The Kier molecular flexibility index (Phi) is 9.69. The highest BCUT2D eigenvalue weighted by atomic mass is 19.1. The highest BCUT2D eigenvalue weighted by Gasteiger charge is 2.22. The van der Waals surface area contributed by atoms with E-state index in [9.17, 15) is 9.18 Å². The molecule has 1 fully saturated rings. The lowest BCUT2D eigenvalue weighted by atomic mass is 10.0. The maximum atomic E-state index is 14.5. The quantitative estimate of drug-likeness (QED) is 0.282. The minimum Gasteiger partial charge on any atom is -0.491 e. The minimum atomic E-state index is -0.919. The molecule has 0 aliphatic carbocycles. The third-order valence-electron chi connectivity index (χ3n) is 6.21. The number of piperidine rings is 1. The smallest absolute Gasteiger partial charge is 0.335 e. The van der Waals surface area contributed by atoms with Crippen molar-refractivity contribution in [3.05, 3.63) is 77.9 Å². The molecule has 39 heavy (non-hydrogen) atoms. The Morgan fingerprint density at radius 1 is 1.08 bits per heavy atom. The molecule has 10 heteroatoms. The van der Waals surface area contributed by atoms with Crippen molar-refractivity contribution in [1.82, 2.24) is 14.9 Å². The Balaban J connectivity index is 0.000000333. The molecule has 0 atom stereocenters. The van der Waals surface area contributed by atoms with Gasteiger partial charge in [0.05, 0.1) is 18.8 Å². The van der Waals surface area contributed by atoms with Crippen molar-refractivity contribution in [3.8, 4) is 11.5 Å². The monoisotopic (exact) mass is 536 g/mol. The molecule has 2 N–H and O–H groups in total. The number of rotatable bonds is 9. The van der Waals surface area contributed by atoms with Crippen LogP contribution in [0.3, 0.4) is 0 Å². The summed E-state index contributed by atoms with van der Waals surface area (Å²) in [5.41, 5.74) is 2.92. The molecule has 1 aliphatic rings. The molecule has 5 rings (SSSR count). The highest BCUT2D eigenvalue weighted by molar-refractivity contribution is 5.87. The van der Waals surface area contributed by atoms with Gasteiger partial charge in [0, 0.05) is 38.1 Å². The molecule has 0 unspecified atom stereocenters. The number of ether oxygens (including phenoxy) is 2. The molecule has 4 aromatic rings. The van der Waals surface area contributed by atoms with Crippen LogP contribution < -0.4 is 14.8 Å². The summed E-state index contributed by atoms with van der Waals surface area (Å²) < 4.78 is 31.2. The molecule has 9 nitrogen and oxygen atoms in total. The van der Waals surface area contributed by atoms with Crippen molar-refractivity contribution in [3.63, 3.8) is 0 Å². The van der Waals surface area contributed by atoms with Crippen LogP contribution in [0.4, 0.5) is 10.4 Å². The molecule has 2 aromatic carbocycles. The normalized spacial score (nSPS) is 13.9. The third kappa shape index (κ3) is 7.67. The number of hydrogen-bond donors (Lipinski definition) is 2. The number of benzene rings is 2. The fraction of sp³-hybridized carbons (Fsp3) is 0.345. The number of nitrogens with zero attached hydrogens (tertiary/aromatic N) is 3. The summed E-state index contributed by atoms with van der Waals surface area (Å²) in [5.74, 6) is -0.835. The van der Waals surface area contributed by atoms with Crippen LogP contribution in [0, 0.1) is 5.82 Å². The van der Waals surface area contributed by atoms with Gasteiger partial charge in [0.1, 0.15) is 5.52 Å². The summed E-state index contributed by atoms with van der Waals surface area (Å²) in [4.78, 5) is 20.7. The molecule has 0 amide bonds. The number of pyridine rings is 1. The van der Waals surface area contributed by atoms with Gasteiger partial charge in [0.2, 0.25) is 5.82 Å². The first-order valence-corrected chi connectivity index (χ1v) is 13.0. The highest BCUT2D eigenvalue weighted by Crippen LogP contribution is 2.30. The van der Waals surface area contributed by atoms with Gasteiger partial charge in [0.25, 0.3) is 6.01 Å². The van der Waals surface area contributed by atoms with E-state index in [1.165, 1.54) is 24.5 Å². The van der Waals surface area contributed by atoms with Gasteiger partial charge < -0.3 is 24.3 Å². The van der Waals surface area contributed by atoms with Gasteiger partial charge in [-0.3, -0.25) is 9.88 Å². The Labute approximate surface area is 226 Å². The lowest BCUT2D eigenvalue weighted by Crippen LogP contribution is -2.38. The molecule has 0 bridgehead atoms. The average molecular weight is 537 g/mol. The fourth-order valence-corrected chi connectivity index (χ4v) is 4.34. The fourth-order valence-electron chi connectivity index (χ4n) is 4.34. The molecule has 0 radical (unpaired) electrons. The zero-order valence-electron chi connectivity index (χ0n) is 22.1. The molecule has 1 saturated heterocycles.